The number of nitrogens with zero attached hydrogens (tertiary/aromatic N) is 3. The van der Waals surface area contributed by atoms with Gasteiger partial charge in [-0.15, -0.1) is 0 Å². The number of benzene rings is 2. The normalized spacial score (nSPS) is 15.7. The molecular formula is C24H26N4O4. The Hall–Kier alpha value is -3.81. The quantitative estimate of drug-likeness (QED) is 0.642. The predicted molar refractivity (Wildman–Crippen MR) is 122 cm³/mol. The van der Waals surface area contributed by atoms with E-state index < -0.39 is 5.92 Å². The fraction of sp³-hybridized carbons (Fsp3) is 0.292. The van der Waals surface area contributed by atoms with Gasteiger partial charge in [0.1, 0.15) is 11.5 Å². The van der Waals surface area contributed by atoms with E-state index in [2.05, 4.69) is 10.4 Å². The molecule has 1 aliphatic heterocycles. The van der Waals surface area contributed by atoms with Gasteiger partial charge in [-0.25, -0.2) is 4.68 Å². The molecule has 1 fully saturated rings. The molecule has 1 saturated heterocycles. The molecule has 1 aromatic heterocycles. The molecule has 32 heavy (non-hydrogen) atoms. The second kappa shape index (κ2) is 8.74. The summed E-state index contributed by atoms with van der Waals surface area (Å²) in [4.78, 5) is 27.5. The lowest BCUT2D eigenvalue weighted by Gasteiger charge is -2.20. The van der Waals surface area contributed by atoms with Crippen molar-refractivity contribution in [3.05, 3.63) is 59.9 Å². The Bertz CT molecular complexity index is 1170. The van der Waals surface area contributed by atoms with Crippen LogP contribution in [-0.2, 0) is 9.59 Å². The Labute approximate surface area is 186 Å². The molecule has 1 N–H and O–H groups in total. The van der Waals surface area contributed by atoms with E-state index in [4.69, 9.17) is 9.47 Å². The lowest BCUT2D eigenvalue weighted by atomic mass is 10.1. The SMILES string of the molecule is COc1ccc(OC)c(N2CC(C(=O)Nc3ccccc3-n3nc(C)cc3C)CC2=O)c1. The van der Waals surface area contributed by atoms with Crippen LogP contribution in [0.5, 0.6) is 11.5 Å². The molecular weight excluding hydrogens is 408 g/mol. The Morgan fingerprint density at radius 3 is 2.53 bits per heavy atom. The van der Waals surface area contributed by atoms with Crippen LogP contribution >= 0.6 is 0 Å². The second-order valence-corrected chi connectivity index (χ2v) is 7.79. The van der Waals surface area contributed by atoms with E-state index in [1.807, 2.05) is 44.2 Å². The number of carbonyl (C=O) groups excluding carboxylic acids is 2. The first-order valence-electron chi connectivity index (χ1n) is 10.4. The third-order valence-electron chi connectivity index (χ3n) is 5.57. The second-order valence-electron chi connectivity index (χ2n) is 7.79. The van der Waals surface area contributed by atoms with Gasteiger partial charge in [-0.2, -0.15) is 5.10 Å². The molecule has 0 aliphatic carbocycles. The molecule has 0 bridgehead atoms. The maximum absolute atomic E-state index is 13.1. The fourth-order valence-electron chi connectivity index (χ4n) is 4.00. The number of para-hydroxylation sites is 2. The van der Waals surface area contributed by atoms with Crippen molar-refractivity contribution in [1.82, 2.24) is 9.78 Å². The van der Waals surface area contributed by atoms with Gasteiger partial charge < -0.3 is 19.7 Å². The molecule has 166 valence electrons. The zero-order valence-electron chi connectivity index (χ0n) is 18.6. The summed E-state index contributed by atoms with van der Waals surface area (Å²) in [6.07, 6.45) is 0.119. The zero-order valence-corrected chi connectivity index (χ0v) is 18.6. The smallest absolute Gasteiger partial charge is 0.229 e. The van der Waals surface area contributed by atoms with Crippen molar-refractivity contribution >= 4 is 23.2 Å². The van der Waals surface area contributed by atoms with Gasteiger partial charge in [0.05, 0.1) is 42.9 Å². The molecule has 4 rings (SSSR count). The summed E-state index contributed by atoms with van der Waals surface area (Å²) in [6, 6.07) is 14.7. The third-order valence-corrected chi connectivity index (χ3v) is 5.57. The van der Waals surface area contributed by atoms with Crippen molar-refractivity contribution in [2.75, 3.05) is 31.0 Å². The highest BCUT2D eigenvalue weighted by molar-refractivity contribution is 6.04. The van der Waals surface area contributed by atoms with Gasteiger partial charge in [0.25, 0.3) is 0 Å². The molecule has 2 amide bonds. The van der Waals surface area contributed by atoms with E-state index in [-0.39, 0.29) is 24.8 Å². The number of anilines is 2. The van der Waals surface area contributed by atoms with Crippen LogP contribution in [0.2, 0.25) is 0 Å². The standard InChI is InChI=1S/C24H26N4O4/c1-15-11-16(2)28(26-15)20-8-6-5-7-19(20)25-24(30)17-12-23(29)27(14-17)21-13-18(31-3)9-10-22(21)32-4/h5-11,13,17H,12,14H2,1-4H3,(H,25,30). The molecule has 2 heterocycles. The Balaban J connectivity index is 1.56. The minimum Gasteiger partial charge on any atom is -0.497 e. The van der Waals surface area contributed by atoms with Crippen LogP contribution in [0.15, 0.2) is 48.5 Å². The Morgan fingerprint density at radius 2 is 1.84 bits per heavy atom. The lowest BCUT2D eigenvalue weighted by Crippen LogP contribution is -2.28. The number of amides is 2. The van der Waals surface area contributed by atoms with E-state index in [0.29, 0.717) is 22.9 Å². The molecule has 3 aromatic rings. The summed E-state index contributed by atoms with van der Waals surface area (Å²) >= 11 is 0. The monoisotopic (exact) mass is 434 g/mol. The van der Waals surface area contributed by atoms with Crippen LogP contribution < -0.4 is 19.7 Å². The average Bonchev–Trinajstić information content (AvgIpc) is 3.34. The number of methoxy groups -OCH3 is 2. The molecule has 0 saturated carbocycles. The van der Waals surface area contributed by atoms with E-state index >= 15 is 0 Å². The van der Waals surface area contributed by atoms with Gasteiger partial charge in [0.2, 0.25) is 11.8 Å². The number of carbonyl (C=O) groups is 2. The minimum absolute atomic E-state index is 0.119. The molecule has 0 spiro atoms. The first-order chi connectivity index (χ1) is 15.4. The maximum Gasteiger partial charge on any atom is 0.229 e. The predicted octanol–water partition coefficient (Wildman–Crippen LogP) is 3.50. The van der Waals surface area contributed by atoms with Crippen LogP contribution in [-0.4, -0.2) is 42.4 Å². The summed E-state index contributed by atoms with van der Waals surface area (Å²) in [5.41, 5.74) is 3.88. The fourth-order valence-corrected chi connectivity index (χ4v) is 4.00. The van der Waals surface area contributed by atoms with Crippen LogP contribution in [0.4, 0.5) is 11.4 Å². The third kappa shape index (κ3) is 4.03. The highest BCUT2D eigenvalue weighted by atomic mass is 16.5. The number of ether oxygens (including phenoxy) is 2. The van der Waals surface area contributed by atoms with Crippen molar-refractivity contribution in [2.45, 2.75) is 20.3 Å². The number of hydrogen-bond donors (Lipinski definition) is 1. The maximum atomic E-state index is 13.1. The van der Waals surface area contributed by atoms with Gasteiger partial charge in [0, 0.05) is 24.7 Å². The summed E-state index contributed by atoms with van der Waals surface area (Å²) in [7, 11) is 3.11. The van der Waals surface area contributed by atoms with Crippen LogP contribution in [0, 0.1) is 19.8 Å². The summed E-state index contributed by atoms with van der Waals surface area (Å²) in [6.45, 7) is 4.15. The minimum atomic E-state index is -0.494. The van der Waals surface area contributed by atoms with Gasteiger partial charge in [-0.05, 0) is 44.2 Å². The molecule has 1 atom stereocenters. The van der Waals surface area contributed by atoms with Crippen LogP contribution in [0.1, 0.15) is 17.8 Å². The average molecular weight is 434 g/mol. The van der Waals surface area contributed by atoms with Crippen molar-refractivity contribution in [1.29, 1.82) is 0 Å². The first kappa shape index (κ1) is 21.4. The van der Waals surface area contributed by atoms with Gasteiger partial charge in [-0.3, -0.25) is 9.59 Å². The summed E-state index contributed by atoms with van der Waals surface area (Å²) < 4.78 is 12.5. The molecule has 1 unspecified atom stereocenters. The molecule has 2 aromatic carbocycles. The van der Waals surface area contributed by atoms with Crippen LogP contribution in [0.25, 0.3) is 5.69 Å². The van der Waals surface area contributed by atoms with Crippen molar-refractivity contribution in [3.63, 3.8) is 0 Å². The summed E-state index contributed by atoms with van der Waals surface area (Å²) in [5, 5.41) is 7.52. The molecule has 8 heteroatoms. The van der Waals surface area contributed by atoms with Crippen molar-refractivity contribution in [2.24, 2.45) is 5.92 Å². The number of aromatic nitrogens is 2. The van der Waals surface area contributed by atoms with E-state index in [1.165, 1.54) is 0 Å². The molecule has 1 aliphatic rings. The largest absolute Gasteiger partial charge is 0.497 e. The Morgan fingerprint density at radius 1 is 1.06 bits per heavy atom. The highest BCUT2D eigenvalue weighted by Crippen LogP contribution is 2.36. The van der Waals surface area contributed by atoms with Crippen molar-refractivity contribution in [3.8, 4) is 17.2 Å². The number of aryl methyl sites for hydroxylation is 2. The number of rotatable bonds is 6. The van der Waals surface area contributed by atoms with E-state index in [0.717, 1.165) is 17.1 Å². The first-order valence-corrected chi connectivity index (χ1v) is 10.4. The number of nitrogens with one attached hydrogen (secondary N) is 1. The molecule has 8 nitrogen and oxygen atoms in total. The lowest BCUT2D eigenvalue weighted by molar-refractivity contribution is -0.122. The van der Waals surface area contributed by atoms with Gasteiger partial charge in [-0.1, -0.05) is 12.1 Å². The Kier molecular flexibility index (Phi) is 5.85. The summed E-state index contributed by atoms with van der Waals surface area (Å²) in [5.74, 6) is 0.322. The van der Waals surface area contributed by atoms with Gasteiger partial charge in [0.15, 0.2) is 0 Å². The van der Waals surface area contributed by atoms with Gasteiger partial charge >= 0.3 is 0 Å². The zero-order chi connectivity index (χ0) is 22.8. The topological polar surface area (TPSA) is 85.7 Å². The van der Waals surface area contributed by atoms with E-state index in [1.54, 1.807) is 42.0 Å². The number of hydrogen-bond acceptors (Lipinski definition) is 5. The highest BCUT2D eigenvalue weighted by Gasteiger charge is 2.36. The van der Waals surface area contributed by atoms with Crippen LogP contribution in [0.3, 0.4) is 0 Å². The molecule has 0 radical (unpaired) electrons. The van der Waals surface area contributed by atoms with E-state index in [9.17, 15) is 9.59 Å². The van der Waals surface area contributed by atoms with Crippen molar-refractivity contribution < 1.29 is 19.1 Å².